The fraction of sp³-hybridized carbons (Fsp3) is 0.250. The molecule has 68 valence electrons. The van der Waals surface area contributed by atoms with Gasteiger partial charge in [0.1, 0.15) is 15.5 Å². The molecule has 0 amide bonds. The molecule has 1 rings (SSSR count). The van der Waals surface area contributed by atoms with Crippen LogP contribution in [0.2, 0.25) is 0 Å². The van der Waals surface area contributed by atoms with Crippen molar-refractivity contribution in [1.29, 1.82) is 5.26 Å². The van der Waals surface area contributed by atoms with Gasteiger partial charge in [-0.15, -0.1) is 0 Å². The molecule has 0 radical (unpaired) electrons. The molecule has 0 fully saturated rings. The third-order valence-electron chi connectivity index (χ3n) is 1.53. The van der Waals surface area contributed by atoms with Crippen molar-refractivity contribution < 1.29 is 8.78 Å². The van der Waals surface area contributed by atoms with Crippen molar-refractivity contribution in [3.05, 3.63) is 26.6 Å². The molecule has 0 saturated heterocycles. The van der Waals surface area contributed by atoms with Gasteiger partial charge in [-0.1, -0.05) is 0 Å². The van der Waals surface area contributed by atoms with Crippen molar-refractivity contribution >= 4 is 22.6 Å². The number of rotatable bonds is 1. The van der Waals surface area contributed by atoms with Crippen molar-refractivity contribution in [2.45, 2.75) is 13.3 Å². The Labute approximate surface area is 87.7 Å². The van der Waals surface area contributed by atoms with E-state index in [-0.39, 0.29) is 5.69 Å². The summed E-state index contributed by atoms with van der Waals surface area (Å²) in [4.78, 5) is 3.62. The Morgan fingerprint density at radius 3 is 2.62 bits per heavy atom. The summed E-state index contributed by atoms with van der Waals surface area (Å²) in [7, 11) is 0. The predicted molar refractivity (Wildman–Crippen MR) is 51.4 cm³/mol. The maximum Gasteiger partial charge on any atom is 0.280 e. The van der Waals surface area contributed by atoms with Crippen LogP contribution >= 0.6 is 22.6 Å². The van der Waals surface area contributed by atoms with Crippen LogP contribution in [0.25, 0.3) is 0 Å². The number of hydrogen-bond donors (Lipinski definition) is 0. The number of halogens is 3. The van der Waals surface area contributed by atoms with E-state index in [1.165, 1.54) is 6.07 Å². The van der Waals surface area contributed by atoms with Crippen LogP contribution in [-0.4, -0.2) is 4.98 Å². The quantitative estimate of drug-likeness (QED) is 0.590. The molecule has 0 N–H and O–H groups in total. The zero-order chi connectivity index (χ0) is 10.0. The van der Waals surface area contributed by atoms with Crippen molar-refractivity contribution in [1.82, 2.24) is 4.98 Å². The van der Waals surface area contributed by atoms with Gasteiger partial charge in [-0.05, 0) is 41.1 Å². The van der Waals surface area contributed by atoms with E-state index in [0.29, 0.717) is 14.8 Å². The number of aromatic nitrogens is 1. The van der Waals surface area contributed by atoms with E-state index < -0.39 is 6.43 Å². The number of aryl methyl sites for hydroxylation is 1. The summed E-state index contributed by atoms with van der Waals surface area (Å²) >= 11 is 1.78. The third-order valence-corrected chi connectivity index (χ3v) is 2.31. The van der Waals surface area contributed by atoms with Crippen molar-refractivity contribution in [3.63, 3.8) is 0 Å². The largest absolute Gasteiger partial charge is 0.280 e. The summed E-state index contributed by atoms with van der Waals surface area (Å²) in [5.74, 6) is 0. The minimum atomic E-state index is -2.58. The van der Waals surface area contributed by atoms with Crippen LogP contribution in [0, 0.1) is 22.0 Å². The summed E-state index contributed by atoms with van der Waals surface area (Å²) in [5.41, 5.74) is 0.628. The monoisotopic (exact) mass is 294 g/mol. The molecule has 0 atom stereocenters. The lowest BCUT2D eigenvalue weighted by Crippen LogP contribution is -1.98. The van der Waals surface area contributed by atoms with E-state index in [1.54, 1.807) is 29.5 Å². The normalized spacial score (nSPS) is 10.2. The molecule has 0 bridgehead atoms. The van der Waals surface area contributed by atoms with Crippen molar-refractivity contribution in [3.8, 4) is 6.07 Å². The highest BCUT2D eigenvalue weighted by atomic mass is 127. The molecular formula is C8H5F2IN2. The summed E-state index contributed by atoms with van der Waals surface area (Å²) in [6.45, 7) is 1.62. The fourth-order valence-corrected chi connectivity index (χ4v) is 1.73. The minimum absolute atomic E-state index is 0.277. The van der Waals surface area contributed by atoms with E-state index >= 15 is 0 Å². The number of alkyl halides is 2. The second-order valence-corrected chi connectivity index (χ2v) is 3.46. The predicted octanol–water partition coefficient (Wildman–Crippen LogP) is 2.80. The zero-order valence-corrected chi connectivity index (χ0v) is 8.84. The second-order valence-electron chi connectivity index (χ2n) is 2.44. The molecule has 2 nitrogen and oxygen atoms in total. The Hall–Kier alpha value is -0.770. The van der Waals surface area contributed by atoms with Gasteiger partial charge >= 0.3 is 0 Å². The van der Waals surface area contributed by atoms with Crippen LogP contribution in [0.3, 0.4) is 0 Å². The highest BCUT2D eigenvalue weighted by Crippen LogP contribution is 2.21. The summed E-state index contributed by atoms with van der Waals surface area (Å²) < 4.78 is 24.8. The average Bonchev–Trinajstić information content (AvgIpc) is 2.03. The lowest BCUT2D eigenvalue weighted by Gasteiger charge is -2.03. The molecule has 0 saturated carbocycles. The summed E-state index contributed by atoms with van der Waals surface area (Å²) in [6, 6.07) is 3.16. The molecule has 5 heteroatoms. The average molecular weight is 294 g/mol. The van der Waals surface area contributed by atoms with Gasteiger partial charge in [0.15, 0.2) is 0 Å². The molecule has 1 aromatic heterocycles. The van der Waals surface area contributed by atoms with Crippen LogP contribution in [0.1, 0.15) is 23.2 Å². The summed E-state index contributed by atoms with van der Waals surface area (Å²) in [6.07, 6.45) is -2.58. The lowest BCUT2D eigenvalue weighted by molar-refractivity contribution is 0.146. The first-order valence-corrected chi connectivity index (χ1v) is 4.49. The van der Waals surface area contributed by atoms with E-state index in [1.807, 2.05) is 6.07 Å². The van der Waals surface area contributed by atoms with E-state index in [4.69, 9.17) is 5.26 Å². The Morgan fingerprint density at radius 1 is 1.62 bits per heavy atom. The van der Waals surface area contributed by atoms with Gasteiger partial charge in [0.25, 0.3) is 6.43 Å². The molecule has 0 aromatic carbocycles. The third kappa shape index (κ3) is 2.12. The maximum absolute atomic E-state index is 12.2. The van der Waals surface area contributed by atoms with E-state index in [2.05, 4.69) is 4.98 Å². The first-order chi connectivity index (χ1) is 6.06. The Bertz CT molecular complexity index is 348. The van der Waals surface area contributed by atoms with Crippen LogP contribution in [0.15, 0.2) is 6.07 Å². The first-order valence-electron chi connectivity index (χ1n) is 3.41. The standard InChI is InChI=1S/C8H5F2IN2/c1-4-2-6(7(9)10)13-8(11)5(4)3-12/h2,7H,1H3. The minimum Gasteiger partial charge on any atom is -0.239 e. The molecule has 1 heterocycles. The molecule has 0 unspecified atom stereocenters. The van der Waals surface area contributed by atoms with Gasteiger partial charge in [-0.25, -0.2) is 13.8 Å². The molecular weight excluding hydrogens is 289 g/mol. The SMILES string of the molecule is Cc1cc(C(F)F)nc(I)c1C#N. The lowest BCUT2D eigenvalue weighted by atomic mass is 10.1. The number of nitriles is 1. The molecule has 0 aliphatic carbocycles. The van der Waals surface area contributed by atoms with Gasteiger partial charge in [0.05, 0.1) is 5.56 Å². The Kier molecular flexibility index (Phi) is 3.14. The topological polar surface area (TPSA) is 36.7 Å². The van der Waals surface area contributed by atoms with Crippen LogP contribution < -0.4 is 0 Å². The van der Waals surface area contributed by atoms with Gasteiger partial charge in [0.2, 0.25) is 0 Å². The fourth-order valence-electron chi connectivity index (χ4n) is 0.904. The molecule has 0 spiro atoms. The van der Waals surface area contributed by atoms with Gasteiger partial charge in [0, 0.05) is 0 Å². The van der Waals surface area contributed by atoms with E-state index in [0.717, 1.165) is 0 Å². The summed E-state index contributed by atoms with van der Waals surface area (Å²) in [5, 5.41) is 8.65. The van der Waals surface area contributed by atoms with Crippen LogP contribution in [-0.2, 0) is 0 Å². The van der Waals surface area contributed by atoms with Gasteiger partial charge in [-0.2, -0.15) is 5.26 Å². The smallest absolute Gasteiger partial charge is 0.239 e. The number of nitrogens with zero attached hydrogens (tertiary/aromatic N) is 2. The van der Waals surface area contributed by atoms with Crippen LogP contribution in [0.5, 0.6) is 0 Å². The van der Waals surface area contributed by atoms with Crippen LogP contribution in [0.4, 0.5) is 8.78 Å². The van der Waals surface area contributed by atoms with Gasteiger partial charge < -0.3 is 0 Å². The highest BCUT2D eigenvalue weighted by Gasteiger charge is 2.13. The number of hydrogen-bond acceptors (Lipinski definition) is 2. The van der Waals surface area contributed by atoms with Gasteiger partial charge in [-0.3, -0.25) is 0 Å². The second kappa shape index (κ2) is 3.96. The Balaban J connectivity index is 3.30. The Morgan fingerprint density at radius 2 is 2.23 bits per heavy atom. The van der Waals surface area contributed by atoms with Crippen molar-refractivity contribution in [2.24, 2.45) is 0 Å². The maximum atomic E-state index is 12.2. The first kappa shape index (κ1) is 10.3. The molecule has 13 heavy (non-hydrogen) atoms. The molecule has 0 aliphatic heterocycles. The van der Waals surface area contributed by atoms with E-state index in [9.17, 15) is 8.78 Å². The van der Waals surface area contributed by atoms with Crippen molar-refractivity contribution in [2.75, 3.05) is 0 Å². The highest BCUT2D eigenvalue weighted by molar-refractivity contribution is 14.1. The molecule has 1 aromatic rings. The number of pyridine rings is 1. The molecule has 0 aliphatic rings. The zero-order valence-electron chi connectivity index (χ0n) is 6.68.